The molecular formula is C27H27N5O3. The molecule has 0 aliphatic carbocycles. The number of nitrogens with zero attached hydrogens (tertiary/aromatic N) is 1. The van der Waals surface area contributed by atoms with Gasteiger partial charge >= 0.3 is 6.03 Å². The molecule has 0 fully saturated rings. The molecule has 8 heteroatoms. The SMILES string of the molecule is Cc1cccc(NC(=O)Nc2cccc(CNC(=O)CCCc3nc4ccccc4c(=O)[nH]3)c2)c1. The zero-order valence-electron chi connectivity index (χ0n) is 19.4. The third-order valence-corrected chi connectivity index (χ3v) is 5.43. The summed E-state index contributed by atoms with van der Waals surface area (Å²) in [6, 6.07) is 21.7. The zero-order valence-corrected chi connectivity index (χ0v) is 19.4. The van der Waals surface area contributed by atoms with Crippen LogP contribution in [0.3, 0.4) is 0 Å². The number of H-pyrrole nitrogens is 1. The summed E-state index contributed by atoms with van der Waals surface area (Å²) >= 11 is 0. The molecule has 1 heterocycles. The van der Waals surface area contributed by atoms with Gasteiger partial charge < -0.3 is 20.9 Å². The van der Waals surface area contributed by atoms with Gasteiger partial charge in [0, 0.05) is 30.8 Å². The van der Waals surface area contributed by atoms with Gasteiger partial charge in [0.2, 0.25) is 5.91 Å². The predicted octanol–water partition coefficient (Wildman–Crippen LogP) is 4.51. The molecule has 1 aromatic heterocycles. The Balaban J connectivity index is 1.23. The molecule has 0 spiro atoms. The number of para-hydroxylation sites is 1. The van der Waals surface area contributed by atoms with Gasteiger partial charge in [-0.25, -0.2) is 9.78 Å². The minimum Gasteiger partial charge on any atom is -0.352 e. The van der Waals surface area contributed by atoms with E-state index >= 15 is 0 Å². The lowest BCUT2D eigenvalue weighted by atomic mass is 10.2. The number of hydrogen-bond donors (Lipinski definition) is 4. The molecule has 0 aliphatic rings. The molecule has 8 nitrogen and oxygen atoms in total. The van der Waals surface area contributed by atoms with E-state index in [1.54, 1.807) is 24.3 Å². The number of rotatable bonds is 8. The van der Waals surface area contributed by atoms with Gasteiger partial charge in [-0.15, -0.1) is 0 Å². The van der Waals surface area contributed by atoms with Gasteiger partial charge in [0.25, 0.3) is 5.56 Å². The highest BCUT2D eigenvalue weighted by atomic mass is 16.2. The lowest BCUT2D eigenvalue weighted by molar-refractivity contribution is -0.121. The molecule has 35 heavy (non-hydrogen) atoms. The van der Waals surface area contributed by atoms with Crippen LogP contribution in [0, 0.1) is 6.92 Å². The Labute approximate surface area is 202 Å². The van der Waals surface area contributed by atoms with Crippen LogP contribution in [0.2, 0.25) is 0 Å². The van der Waals surface area contributed by atoms with Crippen LogP contribution in [-0.2, 0) is 17.8 Å². The van der Waals surface area contributed by atoms with Crippen LogP contribution >= 0.6 is 0 Å². The number of anilines is 2. The largest absolute Gasteiger partial charge is 0.352 e. The number of aromatic nitrogens is 2. The van der Waals surface area contributed by atoms with E-state index in [-0.39, 0.29) is 17.5 Å². The van der Waals surface area contributed by atoms with Crippen LogP contribution < -0.4 is 21.5 Å². The number of benzene rings is 3. The summed E-state index contributed by atoms with van der Waals surface area (Å²) in [6.07, 6.45) is 1.38. The first kappa shape index (κ1) is 23.7. The third-order valence-electron chi connectivity index (χ3n) is 5.43. The molecule has 0 saturated carbocycles. The summed E-state index contributed by atoms with van der Waals surface area (Å²) in [4.78, 5) is 44.0. The molecule has 3 amide bonds. The van der Waals surface area contributed by atoms with E-state index < -0.39 is 0 Å². The second-order valence-corrected chi connectivity index (χ2v) is 8.31. The first-order valence-electron chi connectivity index (χ1n) is 11.4. The van der Waals surface area contributed by atoms with Gasteiger partial charge in [-0.2, -0.15) is 0 Å². The second-order valence-electron chi connectivity index (χ2n) is 8.31. The second kappa shape index (κ2) is 11.1. The number of carbonyl (C=O) groups is 2. The Morgan fingerprint density at radius 1 is 0.914 bits per heavy atom. The van der Waals surface area contributed by atoms with E-state index in [0.717, 1.165) is 11.1 Å². The number of aryl methyl sites for hydroxylation is 2. The highest BCUT2D eigenvalue weighted by molar-refractivity contribution is 5.99. The molecule has 0 radical (unpaired) electrons. The van der Waals surface area contributed by atoms with E-state index in [1.807, 2.05) is 55.5 Å². The molecule has 0 aliphatic heterocycles. The van der Waals surface area contributed by atoms with E-state index in [0.29, 0.717) is 53.9 Å². The Morgan fingerprint density at radius 2 is 1.66 bits per heavy atom. The average molecular weight is 470 g/mol. The summed E-state index contributed by atoms with van der Waals surface area (Å²) in [5.41, 5.74) is 3.75. The van der Waals surface area contributed by atoms with Crippen molar-refractivity contribution in [3.63, 3.8) is 0 Å². The van der Waals surface area contributed by atoms with E-state index in [9.17, 15) is 14.4 Å². The maximum absolute atomic E-state index is 12.3. The first-order chi connectivity index (χ1) is 17.0. The zero-order chi connectivity index (χ0) is 24.6. The molecule has 0 atom stereocenters. The highest BCUT2D eigenvalue weighted by Gasteiger charge is 2.07. The summed E-state index contributed by atoms with van der Waals surface area (Å²) in [6.45, 7) is 2.31. The van der Waals surface area contributed by atoms with Crippen LogP contribution in [0.5, 0.6) is 0 Å². The van der Waals surface area contributed by atoms with Crippen molar-refractivity contribution in [2.75, 3.05) is 10.6 Å². The van der Waals surface area contributed by atoms with Crippen molar-refractivity contribution in [1.82, 2.24) is 15.3 Å². The van der Waals surface area contributed by atoms with Crippen molar-refractivity contribution in [3.8, 4) is 0 Å². The average Bonchev–Trinajstić information content (AvgIpc) is 2.83. The van der Waals surface area contributed by atoms with Crippen molar-refractivity contribution in [3.05, 3.63) is 100 Å². The maximum Gasteiger partial charge on any atom is 0.323 e. The number of fused-ring (bicyclic) bond motifs is 1. The Kier molecular flexibility index (Phi) is 7.52. The Bertz CT molecular complexity index is 1410. The van der Waals surface area contributed by atoms with Gasteiger partial charge in [-0.05, 0) is 60.9 Å². The van der Waals surface area contributed by atoms with Crippen molar-refractivity contribution >= 4 is 34.2 Å². The Morgan fingerprint density at radius 3 is 2.46 bits per heavy atom. The van der Waals surface area contributed by atoms with Crippen LogP contribution in [0.4, 0.5) is 16.2 Å². The van der Waals surface area contributed by atoms with Gasteiger partial charge in [0.1, 0.15) is 5.82 Å². The summed E-state index contributed by atoms with van der Waals surface area (Å²) in [7, 11) is 0. The lowest BCUT2D eigenvalue weighted by Crippen LogP contribution is -2.23. The van der Waals surface area contributed by atoms with Crippen molar-refractivity contribution in [1.29, 1.82) is 0 Å². The molecule has 3 aromatic carbocycles. The molecular weight excluding hydrogens is 442 g/mol. The van der Waals surface area contributed by atoms with Crippen LogP contribution in [0.15, 0.2) is 77.6 Å². The van der Waals surface area contributed by atoms with E-state index in [1.165, 1.54) is 0 Å². The highest BCUT2D eigenvalue weighted by Crippen LogP contribution is 2.14. The predicted molar refractivity (Wildman–Crippen MR) is 137 cm³/mol. The normalized spacial score (nSPS) is 10.7. The van der Waals surface area contributed by atoms with Gasteiger partial charge in [0.05, 0.1) is 10.9 Å². The fraction of sp³-hybridized carbons (Fsp3) is 0.185. The van der Waals surface area contributed by atoms with Crippen LogP contribution in [0.25, 0.3) is 10.9 Å². The molecule has 4 aromatic rings. The van der Waals surface area contributed by atoms with Crippen molar-refractivity contribution < 1.29 is 9.59 Å². The monoisotopic (exact) mass is 469 g/mol. The minimum atomic E-state index is -0.336. The number of aromatic amines is 1. The summed E-state index contributed by atoms with van der Waals surface area (Å²) in [5, 5.41) is 9.06. The number of amides is 3. The molecule has 4 N–H and O–H groups in total. The molecule has 0 unspecified atom stereocenters. The number of nitrogens with one attached hydrogen (secondary N) is 4. The lowest BCUT2D eigenvalue weighted by Gasteiger charge is -2.10. The molecule has 178 valence electrons. The van der Waals surface area contributed by atoms with Crippen LogP contribution in [-0.4, -0.2) is 21.9 Å². The van der Waals surface area contributed by atoms with Crippen molar-refractivity contribution in [2.24, 2.45) is 0 Å². The molecule has 0 bridgehead atoms. The Hall–Kier alpha value is -4.46. The summed E-state index contributed by atoms with van der Waals surface area (Å²) < 4.78 is 0. The van der Waals surface area contributed by atoms with Crippen LogP contribution in [0.1, 0.15) is 29.8 Å². The third kappa shape index (κ3) is 6.77. The topological polar surface area (TPSA) is 116 Å². The smallest absolute Gasteiger partial charge is 0.323 e. The van der Waals surface area contributed by atoms with Gasteiger partial charge in [-0.3, -0.25) is 9.59 Å². The first-order valence-corrected chi connectivity index (χ1v) is 11.4. The van der Waals surface area contributed by atoms with Gasteiger partial charge in [-0.1, -0.05) is 36.4 Å². The standard InChI is InChI=1S/C27H27N5O3/c1-18-7-4-9-20(15-18)29-27(35)30-21-10-5-8-19(16-21)17-28-25(33)14-6-13-24-31-23-12-3-2-11-22(23)26(34)32-24/h2-5,7-12,15-16H,6,13-14,17H2,1H3,(H,28,33)(H2,29,30,35)(H,31,32,34). The number of urea groups is 1. The quantitative estimate of drug-likeness (QED) is 0.304. The van der Waals surface area contributed by atoms with E-state index in [2.05, 4.69) is 25.9 Å². The minimum absolute atomic E-state index is 0.0938. The molecule has 4 rings (SSSR count). The molecule has 0 saturated heterocycles. The van der Waals surface area contributed by atoms with E-state index in [4.69, 9.17) is 0 Å². The maximum atomic E-state index is 12.3. The fourth-order valence-electron chi connectivity index (χ4n) is 3.73. The van der Waals surface area contributed by atoms with Gasteiger partial charge in [0.15, 0.2) is 0 Å². The van der Waals surface area contributed by atoms with Crippen molar-refractivity contribution in [2.45, 2.75) is 32.7 Å². The fourth-order valence-corrected chi connectivity index (χ4v) is 3.73. The summed E-state index contributed by atoms with van der Waals surface area (Å²) in [5.74, 6) is 0.480. The number of carbonyl (C=O) groups excluding carboxylic acids is 2. The number of hydrogen-bond acceptors (Lipinski definition) is 4.